The molecule has 0 N–H and O–H groups in total. The van der Waals surface area contributed by atoms with E-state index in [4.69, 9.17) is 4.74 Å². The Kier molecular flexibility index (Phi) is 6.15. The third-order valence-electron chi connectivity index (χ3n) is 4.16. The standard InChI is InChI=1S/C18H19IN2O4S/c19-16-8-4-5-9-17(16)25-14-18(22)20-10-12-21(13-11-20)26(23,24)15-6-2-1-3-7-15/h1-9H,10-14H2. The number of carbonyl (C=O) groups excluding carboxylic acids is 1. The predicted octanol–water partition coefficient (Wildman–Crippen LogP) is 2.20. The number of para-hydroxylation sites is 1. The van der Waals surface area contributed by atoms with Crippen molar-refractivity contribution >= 4 is 38.5 Å². The Labute approximate surface area is 166 Å². The van der Waals surface area contributed by atoms with Gasteiger partial charge in [-0.05, 0) is 46.9 Å². The molecule has 6 nitrogen and oxygen atoms in total. The summed E-state index contributed by atoms with van der Waals surface area (Å²) in [5.74, 6) is 0.535. The predicted molar refractivity (Wildman–Crippen MR) is 106 cm³/mol. The summed E-state index contributed by atoms with van der Waals surface area (Å²) < 4.78 is 33.2. The fraction of sp³-hybridized carbons (Fsp3) is 0.278. The van der Waals surface area contributed by atoms with Gasteiger partial charge in [-0.1, -0.05) is 30.3 Å². The van der Waals surface area contributed by atoms with Gasteiger partial charge in [-0.3, -0.25) is 4.79 Å². The monoisotopic (exact) mass is 486 g/mol. The highest BCUT2D eigenvalue weighted by atomic mass is 127. The lowest BCUT2D eigenvalue weighted by Gasteiger charge is -2.34. The second-order valence-electron chi connectivity index (χ2n) is 5.82. The molecular formula is C18H19IN2O4S. The first-order valence-electron chi connectivity index (χ1n) is 8.19. The van der Waals surface area contributed by atoms with Crippen molar-refractivity contribution in [3.8, 4) is 5.75 Å². The average molecular weight is 486 g/mol. The largest absolute Gasteiger partial charge is 0.483 e. The van der Waals surface area contributed by atoms with E-state index in [1.165, 1.54) is 4.31 Å². The van der Waals surface area contributed by atoms with Crippen molar-refractivity contribution in [1.29, 1.82) is 0 Å². The van der Waals surface area contributed by atoms with Gasteiger partial charge < -0.3 is 9.64 Å². The van der Waals surface area contributed by atoms with E-state index >= 15 is 0 Å². The van der Waals surface area contributed by atoms with Crippen LogP contribution in [0.15, 0.2) is 59.5 Å². The maximum Gasteiger partial charge on any atom is 0.260 e. The van der Waals surface area contributed by atoms with E-state index in [9.17, 15) is 13.2 Å². The van der Waals surface area contributed by atoms with Gasteiger partial charge in [0.25, 0.3) is 5.91 Å². The Morgan fingerprint density at radius 2 is 1.58 bits per heavy atom. The summed E-state index contributed by atoms with van der Waals surface area (Å²) in [7, 11) is -3.51. The number of hydrogen-bond donors (Lipinski definition) is 0. The average Bonchev–Trinajstić information content (AvgIpc) is 2.68. The summed E-state index contributed by atoms with van der Waals surface area (Å²) in [4.78, 5) is 14.3. The fourth-order valence-corrected chi connectivity index (χ4v) is 4.70. The molecule has 1 saturated heterocycles. The molecule has 0 aliphatic carbocycles. The Balaban J connectivity index is 1.55. The summed E-state index contributed by atoms with van der Waals surface area (Å²) in [5.41, 5.74) is 0. The van der Waals surface area contributed by atoms with E-state index in [1.54, 1.807) is 35.2 Å². The van der Waals surface area contributed by atoms with Gasteiger partial charge in [-0.15, -0.1) is 0 Å². The van der Waals surface area contributed by atoms with Gasteiger partial charge in [-0.25, -0.2) is 8.42 Å². The fourth-order valence-electron chi connectivity index (χ4n) is 2.71. The number of rotatable bonds is 5. The van der Waals surface area contributed by atoms with Crippen molar-refractivity contribution in [3.63, 3.8) is 0 Å². The lowest BCUT2D eigenvalue weighted by atomic mass is 10.3. The maximum absolute atomic E-state index is 12.6. The number of hydrogen-bond acceptors (Lipinski definition) is 4. The molecule has 1 amide bonds. The van der Waals surface area contributed by atoms with Crippen LogP contribution in [0, 0.1) is 3.57 Å². The first-order valence-corrected chi connectivity index (χ1v) is 10.7. The van der Waals surface area contributed by atoms with Crippen molar-refractivity contribution in [2.24, 2.45) is 0 Å². The molecule has 0 spiro atoms. The molecule has 8 heteroatoms. The van der Waals surface area contributed by atoms with Crippen molar-refractivity contribution in [2.75, 3.05) is 32.8 Å². The van der Waals surface area contributed by atoms with E-state index in [1.807, 2.05) is 24.3 Å². The van der Waals surface area contributed by atoms with Gasteiger partial charge in [0.15, 0.2) is 6.61 Å². The molecule has 2 aromatic rings. The number of nitrogens with zero attached hydrogens (tertiary/aromatic N) is 2. The minimum atomic E-state index is -3.51. The van der Waals surface area contributed by atoms with E-state index in [0.717, 1.165) is 3.57 Å². The number of carbonyl (C=O) groups is 1. The van der Waals surface area contributed by atoms with Crippen LogP contribution in [0.25, 0.3) is 0 Å². The molecule has 3 rings (SSSR count). The zero-order valence-corrected chi connectivity index (χ0v) is 17.0. The van der Waals surface area contributed by atoms with Gasteiger partial charge in [-0.2, -0.15) is 4.31 Å². The molecule has 1 aliphatic heterocycles. The van der Waals surface area contributed by atoms with Crippen LogP contribution in [0.4, 0.5) is 0 Å². The number of halogens is 1. The van der Waals surface area contributed by atoms with Crippen LogP contribution in [0.2, 0.25) is 0 Å². The van der Waals surface area contributed by atoms with Gasteiger partial charge >= 0.3 is 0 Å². The molecule has 1 fully saturated rings. The van der Waals surface area contributed by atoms with E-state index in [2.05, 4.69) is 22.6 Å². The summed E-state index contributed by atoms with van der Waals surface area (Å²) in [6.07, 6.45) is 0. The smallest absolute Gasteiger partial charge is 0.260 e. The zero-order valence-electron chi connectivity index (χ0n) is 14.0. The SMILES string of the molecule is O=C(COc1ccccc1I)N1CCN(S(=O)(=O)c2ccccc2)CC1. The van der Waals surface area contributed by atoms with Crippen molar-refractivity contribution < 1.29 is 17.9 Å². The summed E-state index contributed by atoms with van der Waals surface area (Å²) in [5, 5.41) is 0. The second kappa shape index (κ2) is 8.36. The third-order valence-corrected chi connectivity index (χ3v) is 6.96. The van der Waals surface area contributed by atoms with Gasteiger partial charge in [0.1, 0.15) is 5.75 Å². The van der Waals surface area contributed by atoms with E-state index in [-0.39, 0.29) is 30.5 Å². The Morgan fingerprint density at radius 1 is 0.962 bits per heavy atom. The normalized spacial score (nSPS) is 15.7. The topological polar surface area (TPSA) is 66.9 Å². The molecule has 0 radical (unpaired) electrons. The van der Waals surface area contributed by atoms with E-state index < -0.39 is 10.0 Å². The summed E-state index contributed by atoms with van der Waals surface area (Å²) in [6, 6.07) is 15.9. The van der Waals surface area contributed by atoms with Crippen LogP contribution in [-0.4, -0.2) is 56.3 Å². The maximum atomic E-state index is 12.6. The highest BCUT2D eigenvalue weighted by molar-refractivity contribution is 14.1. The van der Waals surface area contributed by atoms with Crippen molar-refractivity contribution in [3.05, 3.63) is 58.2 Å². The van der Waals surface area contributed by atoms with Crippen LogP contribution in [0.3, 0.4) is 0 Å². The molecule has 0 atom stereocenters. The van der Waals surface area contributed by atoms with Crippen LogP contribution in [0.5, 0.6) is 5.75 Å². The molecule has 0 unspecified atom stereocenters. The van der Waals surface area contributed by atoms with E-state index in [0.29, 0.717) is 18.8 Å². The van der Waals surface area contributed by atoms with Crippen LogP contribution in [-0.2, 0) is 14.8 Å². The molecule has 2 aromatic carbocycles. The van der Waals surface area contributed by atoms with Crippen LogP contribution >= 0.6 is 22.6 Å². The number of piperazine rings is 1. The molecule has 0 aromatic heterocycles. The molecule has 1 heterocycles. The molecule has 1 aliphatic rings. The first-order chi connectivity index (χ1) is 12.5. The van der Waals surface area contributed by atoms with Gasteiger partial charge in [0, 0.05) is 26.2 Å². The van der Waals surface area contributed by atoms with Crippen LogP contribution in [0.1, 0.15) is 0 Å². The lowest BCUT2D eigenvalue weighted by Crippen LogP contribution is -2.51. The number of ether oxygens (including phenoxy) is 1. The molecule has 26 heavy (non-hydrogen) atoms. The Hall–Kier alpha value is -1.65. The lowest BCUT2D eigenvalue weighted by molar-refractivity contribution is -0.134. The Bertz CT molecular complexity index is 866. The number of amides is 1. The Morgan fingerprint density at radius 3 is 2.23 bits per heavy atom. The highest BCUT2D eigenvalue weighted by Gasteiger charge is 2.30. The minimum Gasteiger partial charge on any atom is -0.483 e. The van der Waals surface area contributed by atoms with Crippen LogP contribution < -0.4 is 4.74 Å². The molecule has 0 bridgehead atoms. The molecular weight excluding hydrogens is 467 g/mol. The summed E-state index contributed by atoms with van der Waals surface area (Å²) in [6.45, 7) is 1.24. The van der Waals surface area contributed by atoms with Crippen molar-refractivity contribution in [2.45, 2.75) is 4.90 Å². The van der Waals surface area contributed by atoms with Crippen molar-refractivity contribution in [1.82, 2.24) is 9.21 Å². The highest BCUT2D eigenvalue weighted by Crippen LogP contribution is 2.20. The number of benzene rings is 2. The zero-order chi connectivity index (χ0) is 18.6. The van der Waals surface area contributed by atoms with Gasteiger partial charge in [0.05, 0.1) is 8.47 Å². The second-order valence-corrected chi connectivity index (χ2v) is 8.92. The minimum absolute atomic E-state index is 0.0501. The molecule has 0 saturated carbocycles. The summed E-state index contributed by atoms with van der Waals surface area (Å²) >= 11 is 2.16. The van der Waals surface area contributed by atoms with Gasteiger partial charge in [0.2, 0.25) is 10.0 Å². The third kappa shape index (κ3) is 4.36. The number of sulfonamides is 1. The quantitative estimate of drug-likeness (QED) is 0.609. The first kappa shape index (κ1) is 19.1. The molecule has 138 valence electrons.